The number of rotatable bonds is 6. The maximum atomic E-state index is 12.2. The molecule has 0 aliphatic carbocycles. The van der Waals surface area contributed by atoms with Crippen LogP contribution in [0.15, 0.2) is 54.6 Å². The molecule has 2 N–H and O–H groups in total. The van der Waals surface area contributed by atoms with Crippen LogP contribution in [0, 0.1) is 0 Å². The quantitative estimate of drug-likeness (QED) is 0.747. The molecule has 0 radical (unpaired) electrons. The fourth-order valence-electron chi connectivity index (χ4n) is 3.57. The number of anilines is 1. The van der Waals surface area contributed by atoms with Crippen LogP contribution in [0.5, 0.6) is 0 Å². The van der Waals surface area contributed by atoms with Crippen molar-refractivity contribution in [3.05, 3.63) is 71.3 Å². The van der Waals surface area contributed by atoms with Crippen molar-refractivity contribution in [1.29, 1.82) is 0 Å². The van der Waals surface area contributed by atoms with Crippen LogP contribution in [0.4, 0.5) is 5.69 Å². The molecule has 1 aliphatic heterocycles. The lowest BCUT2D eigenvalue weighted by Crippen LogP contribution is -3.11. The van der Waals surface area contributed by atoms with Crippen LogP contribution in [-0.2, 0) is 11.3 Å². The van der Waals surface area contributed by atoms with Gasteiger partial charge in [0.15, 0.2) is 0 Å². The van der Waals surface area contributed by atoms with Gasteiger partial charge in [-0.15, -0.1) is 0 Å². The second kappa shape index (κ2) is 9.52. The van der Waals surface area contributed by atoms with E-state index in [2.05, 4.69) is 55.6 Å². The summed E-state index contributed by atoms with van der Waals surface area (Å²) in [5.74, 6) is 0.420. The largest absolute Gasteiger partial charge is 0.331 e. The Morgan fingerprint density at radius 3 is 2.30 bits per heavy atom. The third-order valence-electron chi connectivity index (χ3n) is 5.27. The van der Waals surface area contributed by atoms with Gasteiger partial charge in [-0.25, -0.2) is 0 Å². The Morgan fingerprint density at radius 2 is 1.67 bits per heavy atom. The summed E-state index contributed by atoms with van der Waals surface area (Å²) in [7, 11) is 0. The number of amides is 1. The summed E-state index contributed by atoms with van der Waals surface area (Å²) in [5.41, 5.74) is 4.53. The van der Waals surface area contributed by atoms with Gasteiger partial charge in [0.25, 0.3) is 0 Å². The highest BCUT2D eigenvalue weighted by Crippen LogP contribution is 2.15. The molecule has 2 aromatic carbocycles. The van der Waals surface area contributed by atoms with Crippen molar-refractivity contribution in [2.24, 2.45) is 0 Å². The number of carbonyl (C=O) groups is 1. The molecule has 1 saturated heterocycles. The van der Waals surface area contributed by atoms with Crippen LogP contribution in [0.2, 0.25) is 0 Å². The van der Waals surface area contributed by atoms with Gasteiger partial charge in [-0.05, 0) is 54.5 Å². The van der Waals surface area contributed by atoms with Crippen molar-refractivity contribution in [2.45, 2.75) is 45.6 Å². The van der Waals surface area contributed by atoms with Crippen molar-refractivity contribution in [2.75, 3.05) is 18.4 Å². The van der Waals surface area contributed by atoms with E-state index in [1.165, 1.54) is 43.5 Å². The normalized spacial score (nSPS) is 15.4. The number of likely N-dealkylation sites (tertiary alicyclic amines) is 1. The number of benzene rings is 2. The molecule has 1 heterocycles. The summed E-state index contributed by atoms with van der Waals surface area (Å²) in [6, 6.07) is 16.6. The molecule has 1 aliphatic rings. The summed E-state index contributed by atoms with van der Waals surface area (Å²) >= 11 is 0. The molecule has 27 heavy (non-hydrogen) atoms. The number of piperidine rings is 1. The SMILES string of the molecule is CC(C)c1ccc(/C=C/C(=O)Nc2ccc(C[NH+]3CCCCC3)cc2)cc1. The molecule has 142 valence electrons. The molecule has 3 heteroatoms. The van der Waals surface area contributed by atoms with Crippen molar-refractivity contribution in [1.82, 2.24) is 0 Å². The minimum atomic E-state index is -0.0997. The highest BCUT2D eigenvalue weighted by Gasteiger charge is 2.13. The van der Waals surface area contributed by atoms with Gasteiger partial charge in [0.05, 0.1) is 13.1 Å². The van der Waals surface area contributed by atoms with Gasteiger partial charge in [0.1, 0.15) is 6.54 Å². The third-order valence-corrected chi connectivity index (χ3v) is 5.27. The second-order valence-electron chi connectivity index (χ2n) is 7.83. The zero-order valence-electron chi connectivity index (χ0n) is 16.5. The molecule has 3 nitrogen and oxygen atoms in total. The lowest BCUT2D eigenvalue weighted by molar-refractivity contribution is -0.918. The Kier molecular flexibility index (Phi) is 6.83. The van der Waals surface area contributed by atoms with Gasteiger partial charge in [0, 0.05) is 17.3 Å². The van der Waals surface area contributed by atoms with Gasteiger partial charge in [0.2, 0.25) is 5.91 Å². The second-order valence-corrected chi connectivity index (χ2v) is 7.83. The Hall–Kier alpha value is -2.39. The average molecular weight is 364 g/mol. The van der Waals surface area contributed by atoms with Crippen molar-refractivity contribution in [3.63, 3.8) is 0 Å². The molecular weight excluding hydrogens is 332 g/mol. The maximum Gasteiger partial charge on any atom is 0.248 e. The van der Waals surface area contributed by atoms with E-state index in [0.717, 1.165) is 17.8 Å². The summed E-state index contributed by atoms with van der Waals surface area (Å²) in [5, 5.41) is 2.94. The first-order valence-electron chi connectivity index (χ1n) is 10.1. The Bertz CT molecular complexity index is 754. The standard InChI is InChI=1S/C24H30N2O/c1-19(2)22-11-6-20(7-12-22)10-15-24(27)25-23-13-8-21(9-14-23)18-26-16-4-3-5-17-26/h6-15,19H,3-5,16-18H2,1-2H3,(H,25,27)/p+1/b15-10+. The fourth-order valence-corrected chi connectivity index (χ4v) is 3.57. The van der Waals surface area contributed by atoms with Crippen molar-refractivity contribution >= 4 is 17.7 Å². The Balaban J connectivity index is 1.51. The van der Waals surface area contributed by atoms with Gasteiger partial charge in [-0.3, -0.25) is 4.79 Å². The third kappa shape index (κ3) is 6.07. The molecule has 0 unspecified atom stereocenters. The van der Waals surface area contributed by atoms with E-state index in [4.69, 9.17) is 0 Å². The molecule has 2 aromatic rings. The summed E-state index contributed by atoms with van der Waals surface area (Å²) in [6.07, 6.45) is 7.51. The zero-order valence-corrected chi connectivity index (χ0v) is 16.5. The molecule has 1 fully saturated rings. The van der Waals surface area contributed by atoms with Crippen LogP contribution < -0.4 is 10.2 Å². The topological polar surface area (TPSA) is 33.5 Å². The monoisotopic (exact) mass is 363 g/mol. The van der Waals surface area contributed by atoms with Gasteiger partial charge < -0.3 is 10.2 Å². The predicted molar refractivity (Wildman–Crippen MR) is 113 cm³/mol. The van der Waals surface area contributed by atoms with Crippen molar-refractivity contribution in [3.8, 4) is 0 Å². The Morgan fingerprint density at radius 1 is 1.00 bits per heavy atom. The van der Waals surface area contributed by atoms with Crippen LogP contribution in [0.25, 0.3) is 6.08 Å². The first kappa shape index (κ1) is 19.4. The lowest BCUT2D eigenvalue weighted by Gasteiger charge is -2.23. The van der Waals surface area contributed by atoms with Gasteiger partial charge in [-0.1, -0.05) is 50.2 Å². The molecular formula is C24H31N2O+. The van der Waals surface area contributed by atoms with E-state index in [1.54, 1.807) is 11.0 Å². The maximum absolute atomic E-state index is 12.2. The number of hydrogen-bond acceptors (Lipinski definition) is 1. The highest BCUT2D eigenvalue weighted by atomic mass is 16.1. The number of nitrogens with one attached hydrogen (secondary N) is 2. The molecule has 0 spiro atoms. The minimum absolute atomic E-state index is 0.0997. The molecule has 0 aromatic heterocycles. The highest BCUT2D eigenvalue weighted by molar-refractivity contribution is 6.01. The minimum Gasteiger partial charge on any atom is -0.331 e. The molecule has 0 bridgehead atoms. The van der Waals surface area contributed by atoms with E-state index in [9.17, 15) is 4.79 Å². The summed E-state index contributed by atoms with van der Waals surface area (Å²) < 4.78 is 0. The molecule has 1 amide bonds. The fraction of sp³-hybridized carbons (Fsp3) is 0.375. The lowest BCUT2D eigenvalue weighted by atomic mass is 10.0. The van der Waals surface area contributed by atoms with E-state index in [1.807, 2.05) is 18.2 Å². The average Bonchev–Trinajstić information content (AvgIpc) is 2.69. The summed E-state index contributed by atoms with van der Waals surface area (Å²) in [4.78, 5) is 13.8. The number of hydrogen-bond donors (Lipinski definition) is 2. The zero-order chi connectivity index (χ0) is 19.1. The first-order valence-corrected chi connectivity index (χ1v) is 10.1. The van der Waals surface area contributed by atoms with Gasteiger partial charge in [-0.2, -0.15) is 0 Å². The predicted octanol–water partition coefficient (Wildman–Crippen LogP) is 4.03. The summed E-state index contributed by atoms with van der Waals surface area (Å²) in [6.45, 7) is 8.00. The van der Waals surface area contributed by atoms with Crippen LogP contribution in [-0.4, -0.2) is 19.0 Å². The van der Waals surface area contributed by atoms with E-state index >= 15 is 0 Å². The number of quaternary nitrogens is 1. The Labute approximate surface area is 163 Å². The van der Waals surface area contributed by atoms with Crippen LogP contribution in [0.3, 0.4) is 0 Å². The molecule has 0 saturated carbocycles. The smallest absolute Gasteiger partial charge is 0.248 e. The van der Waals surface area contributed by atoms with Crippen molar-refractivity contribution < 1.29 is 9.69 Å². The molecule has 0 atom stereocenters. The van der Waals surface area contributed by atoms with Crippen LogP contribution in [0.1, 0.15) is 55.7 Å². The van der Waals surface area contributed by atoms with E-state index in [0.29, 0.717) is 5.92 Å². The first-order chi connectivity index (χ1) is 13.1. The number of carbonyl (C=O) groups excluding carboxylic acids is 1. The molecule has 3 rings (SSSR count). The van der Waals surface area contributed by atoms with E-state index < -0.39 is 0 Å². The van der Waals surface area contributed by atoms with Crippen LogP contribution >= 0.6 is 0 Å². The van der Waals surface area contributed by atoms with Gasteiger partial charge >= 0.3 is 0 Å². The van der Waals surface area contributed by atoms with E-state index in [-0.39, 0.29) is 5.91 Å².